The van der Waals surface area contributed by atoms with Crippen LogP contribution in [0.3, 0.4) is 0 Å². The van der Waals surface area contributed by atoms with Crippen LogP contribution < -0.4 is 10.1 Å². The summed E-state index contributed by atoms with van der Waals surface area (Å²) in [5, 5.41) is 2.92. The van der Waals surface area contributed by atoms with Crippen LogP contribution in [0.5, 0.6) is 5.75 Å². The second-order valence-corrected chi connectivity index (χ2v) is 8.37. The van der Waals surface area contributed by atoms with E-state index >= 15 is 0 Å². The van der Waals surface area contributed by atoms with E-state index in [9.17, 15) is 9.59 Å². The van der Waals surface area contributed by atoms with Crippen LogP contribution in [0.2, 0.25) is 0 Å². The summed E-state index contributed by atoms with van der Waals surface area (Å²) in [5.41, 5.74) is 3.06. The number of hydrogen-bond donors (Lipinski definition) is 1. The van der Waals surface area contributed by atoms with Gasteiger partial charge in [-0.1, -0.05) is 53.5 Å². The lowest BCUT2D eigenvalue weighted by molar-refractivity contribution is -0.142. The van der Waals surface area contributed by atoms with Gasteiger partial charge in [0.2, 0.25) is 5.91 Å². The molecule has 0 radical (unpaired) electrons. The minimum Gasteiger partial charge on any atom is -0.483 e. The van der Waals surface area contributed by atoms with Crippen molar-refractivity contribution in [1.82, 2.24) is 10.2 Å². The molecule has 2 aromatic rings. The molecule has 0 aliphatic rings. The Kier molecular flexibility index (Phi) is 9.37. The van der Waals surface area contributed by atoms with Gasteiger partial charge in [0.1, 0.15) is 11.8 Å². The molecule has 0 fully saturated rings. The number of amides is 2. The molecule has 162 valence electrons. The van der Waals surface area contributed by atoms with Crippen molar-refractivity contribution in [3.05, 3.63) is 63.6 Å². The zero-order valence-electron chi connectivity index (χ0n) is 18.2. The number of halogens is 1. The van der Waals surface area contributed by atoms with Crippen LogP contribution in [0.15, 0.2) is 46.9 Å². The van der Waals surface area contributed by atoms with Gasteiger partial charge in [-0.2, -0.15) is 0 Å². The van der Waals surface area contributed by atoms with E-state index < -0.39 is 6.04 Å². The average molecular weight is 475 g/mol. The Labute approximate surface area is 187 Å². The number of nitrogens with zero attached hydrogens (tertiary/aromatic N) is 1. The molecule has 0 aliphatic carbocycles. The van der Waals surface area contributed by atoms with Gasteiger partial charge in [-0.05, 0) is 62.1 Å². The molecule has 0 aromatic heterocycles. The monoisotopic (exact) mass is 474 g/mol. The first-order valence-corrected chi connectivity index (χ1v) is 11.1. The summed E-state index contributed by atoms with van der Waals surface area (Å²) in [6.07, 6.45) is 1.91. The minimum atomic E-state index is -0.601. The molecule has 2 rings (SSSR count). The Balaban J connectivity index is 2.15. The lowest BCUT2D eigenvalue weighted by atomic mass is 10.1. The topological polar surface area (TPSA) is 58.6 Å². The summed E-state index contributed by atoms with van der Waals surface area (Å²) in [4.78, 5) is 27.3. The molecule has 0 bridgehead atoms. The first-order valence-electron chi connectivity index (χ1n) is 10.3. The molecule has 1 atom stereocenters. The highest BCUT2D eigenvalue weighted by atomic mass is 79.9. The van der Waals surface area contributed by atoms with E-state index in [1.165, 1.54) is 0 Å². The molecular formula is C24H31BrN2O3. The second-order valence-electron chi connectivity index (χ2n) is 7.46. The molecule has 0 heterocycles. The third-order valence-corrected chi connectivity index (χ3v) is 5.64. The van der Waals surface area contributed by atoms with E-state index in [1.54, 1.807) is 11.8 Å². The van der Waals surface area contributed by atoms with Gasteiger partial charge >= 0.3 is 0 Å². The van der Waals surface area contributed by atoms with Crippen molar-refractivity contribution in [2.75, 3.05) is 13.2 Å². The lowest BCUT2D eigenvalue weighted by Gasteiger charge is -2.29. The van der Waals surface area contributed by atoms with Crippen LogP contribution in [0.25, 0.3) is 0 Å². The quantitative estimate of drug-likeness (QED) is 0.504. The fourth-order valence-electron chi connectivity index (χ4n) is 3.05. The third kappa shape index (κ3) is 6.87. The number of hydrogen-bond acceptors (Lipinski definition) is 3. The molecule has 0 unspecified atom stereocenters. The largest absolute Gasteiger partial charge is 0.483 e. The molecule has 0 saturated heterocycles. The number of unbranched alkanes of at least 4 members (excludes halogenated alkanes) is 1. The first-order chi connectivity index (χ1) is 14.3. The van der Waals surface area contributed by atoms with Crippen molar-refractivity contribution >= 4 is 27.7 Å². The van der Waals surface area contributed by atoms with E-state index in [0.717, 1.165) is 34.0 Å². The van der Waals surface area contributed by atoms with Gasteiger partial charge in [0.05, 0.1) is 0 Å². The van der Waals surface area contributed by atoms with Gasteiger partial charge in [-0.3, -0.25) is 9.59 Å². The third-order valence-electron chi connectivity index (χ3n) is 5.14. The highest BCUT2D eigenvalue weighted by Gasteiger charge is 2.26. The predicted molar refractivity (Wildman–Crippen MR) is 123 cm³/mol. The van der Waals surface area contributed by atoms with Crippen LogP contribution in [0.1, 0.15) is 43.4 Å². The van der Waals surface area contributed by atoms with E-state index in [-0.39, 0.29) is 18.4 Å². The summed E-state index contributed by atoms with van der Waals surface area (Å²) in [6.45, 7) is 8.63. The molecule has 0 saturated carbocycles. The van der Waals surface area contributed by atoms with Crippen molar-refractivity contribution in [2.24, 2.45) is 0 Å². The molecule has 1 N–H and O–H groups in total. The summed E-state index contributed by atoms with van der Waals surface area (Å²) in [7, 11) is 0. The first kappa shape index (κ1) is 23.9. The highest BCUT2D eigenvalue weighted by Crippen LogP contribution is 2.21. The van der Waals surface area contributed by atoms with Crippen LogP contribution in [0.4, 0.5) is 0 Å². The second kappa shape index (κ2) is 11.7. The maximum atomic E-state index is 13.1. The molecule has 5 nitrogen and oxygen atoms in total. The molecule has 6 heteroatoms. The number of ether oxygens (including phenoxy) is 1. The summed E-state index contributed by atoms with van der Waals surface area (Å²) in [5.74, 6) is 0.304. The Hall–Kier alpha value is -2.34. The van der Waals surface area contributed by atoms with Gasteiger partial charge in [0, 0.05) is 17.6 Å². The smallest absolute Gasteiger partial charge is 0.261 e. The van der Waals surface area contributed by atoms with Crippen molar-refractivity contribution in [2.45, 2.75) is 53.1 Å². The fraction of sp³-hybridized carbons (Fsp3) is 0.417. The summed E-state index contributed by atoms with van der Waals surface area (Å²) in [6, 6.07) is 12.9. The van der Waals surface area contributed by atoms with Gasteiger partial charge in [0.15, 0.2) is 6.61 Å². The van der Waals surface area contributed by atoms with E-state index in [2.05, 4.69) is 28.2 Å². The number of nitrogens with one attached hydrogen (secondary N) is 1. The number of carbonyl (C=O) groups is 2. The Morgan fingerprint density at radius 2 is 1.90 bits per heavy atom. The fourth-order valence-corrected chi connectivity index (χ4v) is 3.50. The molecule has 0 aliphatic heterocycles. The zero-order chi connectivity index (χ0) is 22.1. The Morgan fingerprint density at radius 1 is 1.17 bits per heavy atom. The van der Waals surface area contributed by atoms with Gasteiger partial charge in [-0.15, -0.1) is 0 Å². The Morgan fingerprint density at radius 3 is 2.60 bits per heavy atom. The summed E-state index contributed by atoms with van der Waals surface area (Å²) >= 11 is 3.47. The highest BCUT2D eigenvalue weighted by molar-refractivity contribution is 9.10. The Bertz CT molecular complexity index is 869. The van der Waals surface area contributed by atoms with E-state index in [0.29, 0.717) is 18.8 Å². The van der Waals surface area contributed by atoms with E-state index in [4.69, 9.17) is 4.74 Å². The van der Waals surface area contributed by atoms with Crippen molar-refractivity contribution < 1.29 is 14.3 Å². The predicted octanol–water partition coefficient (Wildman–Crippen LogP) is 4.78. The van der Waals surface area contributed by atoms with Gasteiger partial charge < -0.3 is 15.0 Å². The maximum Gasteiger partial charge on any atom is 0.261 e. The molecule has 0 spiro atoms. The van der Waals surface area contributed by atoms with Crippen molar-refractivity contribution in [3.63, 3.8) is 0 Å². The number of benzene rings is 2. The average Bonchev–Trinajstić information content (AvgIpc) is 2.72. The van der Waals surface area contributed by atoms with Crippen molar-refractivity contribution in [3.8, 4) is 5.75 Å². The minimum absolute atomic E-state index is 0.120. The van der Waals surface area contributed by atoms with E-state index in [1.807, 2.05) is 56.3 Å². The molecule has 30 heavy (non-hydrogen) atoms. The zero-order valence-corrected chi connectivity index (χ0v) is 19.8. The number of aryl methyl sites for hydroxylation is 1. The molecule has 2 amide bonds. The number of rotatable bonds is 10. The number of carbonyl (C=O) groups excluding carboxylic acids is 2. The van der Waals surface area contributed by atoms with Gasteiger partial charge in [-0.25, -0.2) is 0 Å². The lowest BCUT2D eigenvalue weighted by Crippen LogP contribution is -2.49. The van der Waals surface area contributed by atoms with Crippen molar-refractivity contribution in [1.29, 1.82) is 0 Å². The van der Waals surface area contributed by atoms with Crippen LogP contribution in [0, 0.1) is 13.8 Å². The summed E-state index contributed by atoms with van der Waals surface area (Å²) < 4.78 is 6.75. The van der Waals surface area contributed by atoms with Crippen LogP contribution in [-0.2, 0) is 16.1 Å². The van der Waals surface area contributed by atoms with Gasteiger partial charge in [0.25, 0.3) is 5.91 Å². The van der Waals surface area contributed by atoms with Crippen LogP contribution in [-0.4, -0.2) is 35.9 Å². The normalized spacial score (nSPS) is 11.6. The standard InChI is InChI=1S/C24H31BrN2O3/c1-5-6-13-26-24(29)19(4)27(15-20-10-8-11-21(25)14-20)23(28)16-30-22-12-7-9-17(2)18(22)3/h7-12,14,19H,5-6,13,15-16H2,1-4H3,(H,26,29)/t19-/m1/s1. The molecular weight excluding hydrogens is 444 g/mol. The SMILES string of the molecule is CCCCNC(=O)[C@@H](C)N(Cc1cccc(Br)c1)C(=O)COc1cccc(C)c1C. The molecule has 2 aromatic carbocycles. The maximum absolute atomic E-state index is 13.1. The van der Waals surface area contributed by atoms with Crippen LogP contribution >= 0.6 is 15.9 Å².